The van der Waals surface area contributed by atoms with Crippen LogP contribution in [-0.4, -0.2) is 25.9 Å². The van der Waals surface area contributed by atoms with E-state index >= 15 is 0 Å². The van der Waals surface area contributed by atoms with Crippen LogP contribution in [-0.2, 0) is 4.74 Å². The fraction of sp³-hybridized carbons (Fsp3) is 0.222. The van der Waals surface area contributed by atoms with Gasteiger partial charge in [-0.3, -0.25) is 4.99 Å². The number of rotatable bonds is 6. The van der Waals surface area contributed by atoms with Crippen molar-refractivity contribution >= 4 is 17.9 Å². The lowest BCUT2D eigenvalue weighted by Gasteiger charge is -2.03. The Balaban J connectivity index is 2.04. The Morgan fingerprint density at radius 3 is 2.64 bits per heavy atom. The maximum atomic E-state index is 11.7. The summed E-state index contributed by atoms with van der Waals surface area (Å²) in [5.41, 5.74) is 2.26. The lowest BCUT2D eigenvalue weighted by molar-refractivity contribution is 0.0505. The third kappa shape index (κ3) is 4.45. The standard InChI is InChI=1S/C18H19NO3/c1-3-11-22-18(20)15-7-9-16(10-8-15)19-13-14-5-4-6-17(12-14)21-2/h4-10,12-13H,3,11H2,1-2H3. The van der Waals surface area contributed by atoms with Crippen molar-refractivity contribution in [3.8, 4) is 5.75 Å². The lowest BCUT2D eigenvalue weighted by atomic mass is 10.2. The Hall–Kier alpha value is -2.62. The molecule has 0 aliphatic heterocycles. The highest BCUT2D eigenvalue weighted by Crippen LogP contribution is 2.15. The van der Waals surface area contributed by atoms with Crippen LogP contribution in [0.15, 0.2) is 53.5 Å². The molecule has 0 radical (unpaired) electrons. The van der Waals surface area contributed by atoms with Crippen LogP contribution in [0.25, 0.3) is 0 Å². The number of carbonyl (C=O) groups is 1. The summed E-state index contributed by atoms with van der Waals surface area (Å²) in [4.78, 5) is 16.1. The van der Waals surface area contributed by atoms with Crippen molar-refractivity contribution in [1.82, 2.24) is 0 Å². The van der Waals surface area contributed by atoms with Gasteiger partial charge in [-0.15, -0.1) is 0 Å². The Labute approximate surface area is 130 Å². The number of esters is 1. The molecule has 2 aromatic carbocycles. The Morgan fingerprint density at radius 1 is 1.18 bits per heavy atom. The molecule has 0 unspecified atom stereocenters. The molecule has 0 aliphatic rings. The molecular formula is C18H19NO3. The zero-order valence-electron chi connectivity index (χ0n) is 12.8. The number of hydrogen-bond acceptors (Lipinski definition) is 4. The number of methoxy groups -OCH3 is 1. The molecule has 0 amide bonds. The molecule has 0 atom stereocenters. The summed E-state index contributed by atoms with van der Waals surface area (Å²) in [6.07, 6.45) is 2.57. The van der Waals surface area contributed by atoms with E-state index in [1.807, 2.05) is 31.2 Å². The normalized spacial score (nSPS) is 10.6. The quantitative estimate of drug-likeness (QED) is 0.598. The third-order valence-electron chi connectivity index (χ3n) is 3.00. The van der Waals surface area contributed by atoms with E-state index in [4.69, 9.17) is 9.47 Å². The predicted molar refractivity (Wildman–Crippen MR) is 87.3 cm³/mol. The molecule has 0 N–H and O–H groups in total. The van der Waals surface area contributed by atoms with Gasteiger partial charge in [-0.25, -0.2) is 4.79 Å². The van der Waals surface area contributed by atoms with Gasteiger partial charge < -0.3 is 9.47 Å². The molecule has 2 aromatic rings. The van der Waals surface area contributed by atoms with Crippen molar-refractivity contribution in [2.45, 2.75) is 13.3 Å². The average Bonchev–Trinajstić information content (AvgIpc) is 2.58. The van der Waals surface area contributed by atoms with E-state index in [1.165, 1.54) is 0 Å². The van der Waals surface area contributed by atoms with Crippen LogP contribution >= 0.6 is 0 Å². The van der Waals surface area contributed by atoms with Gasteiger partial charge in [0.1, 0.15) is 5.75 Å². The molecule has 0 aromatic heterocycles. The first-order valence-corrected chi connectivity index (χ1v) is 7.18. The molecule has 0 spiro atoms. The van der Waals surface area contributed by atoms with E-state index in [9.17, 15) is 4.79 Å². The average molecular weight is 297 g/mol. The summed E-state index contributed by atoms with van der Waals surface area (Å²) >= 11 is 0. The molecule has 0 saturated heterocycles. The second-order valence-corrected chi connectivity index (χ2v) is 4.72. The van der Waals surface area contributed by atoms with Gasteiger partial charge in [-0.1, -0.05) is 19.1 Å². The molecule has 0 fully saturated rings. The largest absolute Gasteiger partial charge is 0.497 e. The summed E-state index contributed by atoms with van der Waals surface area (Å²) in [6, 6.07) is 14.7. The number of aliphatic imine (C=N–C) groups is 1. The van der Waals surface area contributed by atoms with E-state index in [1.54, 1.807) is 37.6 Å². The van der Waals surface area contributed by atoms with Crippen molar-refractivity contribution in [1.29, 1.82) is 0 Å². The van der Waals surface area contributed by atoms with E-state index in [0.29, 0.717) is 12.2 Å². The highest BCUT2D eigenvalue weighted by Gasteiger charge is 2.05. The van der Waals surface area contributed by atoms with Gasteiger partial charge in [0.15, 0.2) is 0 Å². The topological polar surface area (TPSA) is 47.9 Å². The molecule has 0 bridgehead atoms. The van der Waals surface area contributed by atoms with E-state index in [2.05, 4.69) is 4.99 Å². The minimum Gasteiger partial charge on any atom is -0.497 e. The molecule has 4 nitrogen and oxygen atoms in total. The number of nitrogens with zero attached hydrogens (tertiary/aromatic N) is 1. The van der Waals surface area contributed by atoms with Gasteiger partial charge in [-0.2, -0.15) is 0 Å². The van der Waals surface area contributed by atoms with Crippen molar-refractivity contribution in [3.05, 3.63) is 59.7 Å². The fourth-order valence-corrected chi connectivity index (χ4v) is 1.83. The van der Waals surface area contributed by atoms with Crippen molar-refractivity contribution in [2.24, 2.45) is 4.99 Å². The van der Waals surface area contributed by atoms with Crippen molar-refractivity contribution < 1.29 is 14.3 Å². The molecule has 4 heteroatoms. The minimum atomic E-state index is -0.301. The van der Waals surface area contributed by atoms with E-state index < -0.39 is 0 Å². The van der Waals surface area contributed by atoms with Crippen LogP contribution in [0.1, 0.15) is 29.3 Å². The third-order valence-corrected chi connectivity index (χ3v) is 3.00. The van der Waals surface area contributed by atoms with Crippen LogP contribution in [0.2, 0.25) is 0 Å². The van der Waals surface area contributed by atoms with Crippen molar-refractivity contribution in [3.63, 3.8) is 0 Å². The monoisotopic (exact) mass is 297 g/mol. The number of benzene rings is 2. The molecule has 2 rings (SSSR count). The molecule has 114 valence electrons. The van der Waals surface area contributed by atoms with Crippen LogP contribution in [0.3, 0.4) is 0 Å². The number of carbonyl (C=O) groups excluding carboxylic acids is 1. The fourth-order valence-electron chi connectivity index (χ4n) is 1.83. The summed E-state index contributed by atoms with van der Waals surface area (Å²) < 4.78 is 10.2. The summed E-state index contributed by atoms with van der Waals surface area (Å²) in [7, 11) is 1.63. The van der Waals surface area contributed by atoms with Gasteiger partial charge in [0.05, 0.1) is 25.0 Å². The summed E-state index contributed by atoms with van der Waals surface area (Å²) in [5.74, 6) is 0.489. The van der Waals surface area contributed by atoms with Crippen LogP contribution in [0, 0.1) is 0 Å². The summed E-state index contributed by atoms with van der Waals surface area (Å²) in [6.45, 7) is 2.40. The Morgan fingerprint density at radius 2 is 1.95 bits per heavy atom. The zero-order valence-corrected chi connectivity index (χ0v) is 12.8. The Kier molecular flexibility index (Phi) is 5.72. The molecular weight excluding hydrogens is 278 g/mol. The Bertz CT molecular complexity index is 648. The van der Waals surface area contributed by atoms with Crippen LogP contribution in [0.5, 0.6) is 5.75 Å². The SMILES string of the molecule is CCCOC(=O)c1ccc(N=Cc2cccc(OC)c2)cc1. The lowest BCUT2D eigenvalue weighted by Crippen LogP contribution is -2.05. The first kappa shape index (κ1) is 15.8. The zero-order chi connectivity index (χ0) is 15.8. The highest BCUT2D eigenvalue weighted by atomic mass is 16.5. The molecule has 0 aliphatic carbocycles. The second-order valence-electron chi connectivity index (χ2n) is 4.72. The van der Waals surface area contributed by atoms with Crippen LogP contribution in [0.4, 0.5) is 5.69 Å². The predicted octanol–water partition coefficient (Wildman–Crippen LogP) is 4.01. The van der Waals surface area contributed by atoms with Gasteiger partial charge in [-0.05, 0) is 48.4 Å². The number of ether oxygens (including phenoxy) is 2. The van der Waals surface area contributed by atoms with E-state index in [-0.39, 0.29) is 5.97 Å². The molecule has 0 saturated carbocycles. The molecule has 22 heavy (non-hydrogen) atoms. The molecule has 0 heterocycles. The first-order valence-electron chi connectivity index (χ1n) is 7.18. The van der Waals surface area contributed by atoms with Gasteiger partial charge in [0, 0.05) is 6.21 Å². The maximum absolute atomic E-state index is 11.7. The minimum absolute atomic E-state index is 0.301. The first-order chi connectivity index (χ1) is 10.7. The smallest absolute Gasteiger partial charge is 0.338 e. The van der Waals surface area contributed by atoms with Gasteiger partial charge >= 0.3 is 5.97 Å². The van der Waals surface area contributed by atoms with Crippen LogP contribution < -0.4 is 4.74 Å². The number of hydrogen-bond donors (Lipinski definition) is 0. The van der Waals surface area contributed by atoms with Gasteiger partial charge in [0.25, 0.3) is 0 Å². The maximum Gasteiger partial charge on any atom is 0.338 e. The summed E-state index contributed by atoms with van der Waals surface area (Å²) in [5, 5.41) is 0. The van der Waals surface area contributed by atoms with Crippen molar-refractivity contribution in [2.75, 3.05) is 13.7 Å². The van der Waals surface area contributed by atoms with E-state index in [0.717, 1.165) is 23.4 Å². The van der Waals surface area contributed by atoms with Gasteiger partial charge in [0.2, 0.25) is 0 Å². The highest BCUT2D eigenvalue weighted by molar-refractivity contribution is 5.90. The second kappa shape index (κ2) is 7.98.